The number of carbonyl (C=O) groups excluding carboxylic acids is 1. The molecule has 4 aromatic rings. The summed E-state index contributed by atoms with van der Waals surface area (Å²) in [6.07, 6.45) is 1.45. The molecule has 0 bridgehead atoms. The Kier molecular flexibility index (Phi) is 4.47. The molecule has 2 aromatic carbocycles. The molecule has 1 aliphatic rings. The van der Waals surface area contributed by atoms with Gasteiger partial charge in [0.05, 0.1) is 34.4 Å². The topological polar surface area (TPSA) is 55.0 Å². The molecule has 0 saturated carbocycles. The summed E-state index contributed by atoms with van der Waals surface area (Å²) in [4.78, 5) is 21.8. The van der Waals surface area contributed by atoms with E-state index in [4.69, 9.17) is 9.72 Å². The zero-order valence-electron chi connectivity index (χ0n) is 17.3. The minimum Gasteiger partial charge on any atom is -0.497 e. The summed E-state index contributed by atoms with van der Waals surface area (Å²) >= 11 is 3.67. The molecule has 0 spiro atoms. The van der Waals surface area contributed by atoms with Crippen LogP contribution in [0.4, 0.5) is 0 Å². The summed E-state index contributed by atoms with van der Waals surface area (Å²) in [6, 6.07) is 16.3. The third kappa shape index (κ3) is 2.95. The van der Waals surface area contributed by atoms with Crippen LogP contribution < -0.4 is 4.74 Å². The predicted octanol–water partition coefficient (Wildman–Crippen LogP) is 5.84. The van der Waals surface area contributed by atoms with E-state index in [9.17, 15) is 4.79 Å². The van der Waals surface area contributed by atoms with E-state index in [0.717, 1.165) is 56.5 Å². The molecule has 0 amide bonds. The van der Waals surface area contributed by atoms with Crippen molar-refractivity contribution in [1.29, 1.82) is 0 Å². The second-order valence-electron chi connectivity index (χ2n) is 8.72. The Morgan fingerprint density at radius 3 is 2.63 bits per heavy atom. The quantitative estimate of drug-likeness (QED) is 0.388. The number of aromatic nitrogens is 2. The Bertz CT molecular complexity index is 1290. The lowest BCUT2D eigenvalue weighted by atomic mass is 9.74. The first-order valence-electron chi connectivity index (χ1n) is 10.1. The number of fused-ring (bicyclic) bond motifs is 5. The minimum atomic E-state index is -0.219. The third-order valence-electron chi connectivity index (χ3n) is 6.12. The maximum Gasteiger partial charge on any atom is 0.179 e. The first-order valence-corrected chi connectivity index (χ1v) is 11.0. The Hall–Kier alpha value is -2.66. The molecule has 1 aliphatic carbocycles. The van der Waals surface area contributed by atoms with E-state index in [0.29, 0.717) is 6.42 Å². The third-order valence-corrected chi connectivity index (χ3v) is 7.77. The number of ether oxygens (including phenoxy) is 1. The highest BCUT2D eigenvalue weighted by atomic mass is 79.9. The Morgan fingerprint density at radius 1 is 1.17 bits per heavy atom. The average Bonchev–Trinajstić information content (AvgIpc) is 3.12. The summed E-state index contributed by atoms with van der Waals surface area (Å²) < 4.78 is 5.28. The number of rotatable bonds is 3. The molecular weight excluding hydrogens is 440 g/mol. The van der Waals surface area contributed by atoms with Crippen molar-refractivity contribution < 1.29 is 9.53 Å². The molecule has 5 heteroatoms. The van der Waals surface area contributed by atoms with Crippen LogP contribution in [0.1, 0.15) is 41.2 Å². The number of carbonyl (C=O) groups is 1. The first-order chi connectivity index (χ1) is 14.4. The molecule has 0 fully saturated rings. The maximum absolute atomic E-state index is 13.4. The van der Waals surface area contributed by atoms with Crippen molar-refractivity contribution in [2.75, 3.05) is 7.11 Å². The van der Waals surface area contributed by atoms with Crippen molar-refractivity contribution in [3.05, 3.63) is 71.0 Å². The van der Waals surface area contributed by atoms with Crippen LogP contribution in [-0.2, 0) is 12.8 Å². The number of nitrogens with zero attached hydrogens (tertiary/aromatic N) is 1. The highest BCUT2D eigenvalue weighted by Crippen LogP contribution is 2.43. The van der Waals surface area contributed by atoms with Crippen molar-refractivity contribution >= 4 is 43.5 Å². The molecule has 2 heterocycles. The highest BCUT2D eigenvalue weighted by molar-refractivity contribution is 9.10. The molecule has 1 atom stereocenters. The van der Waals surface area contributed by atoms with Crippen LogP contribution in [0.15, 0.2) is 48.5 Å². The number of ketones is 1. The molecular formula is C25H23BrN2O2. The van der Waals surface area contributed by atoms with Gasteiger partial charge >= 0.3 is 0 Å². The standard InChI is InChI=1S/C25H23BrN2O2/c1-25(2)13-19-21(23(29)24(25)26)20-16-6-4-5-7-17(16)28-22(20)18(27-19)12-14-8-10-15(30-3)11-9-14/h4-11,24,28H,12-13H2,1-3H3. The summed E-state index contributed by atoms with van der Waals surface area (Å²) in [6.45, 7) is 4.25. The fraction of sp³-hybridized carbons (Fsp3) is 0.280. The van der Waals surface area contributed by atoms with Gasteiger partial charge in [0, 0.05) is 22.7 Å². The number of hydrogen-bond acceptors (Lipinski definition) is 3. The van der Waals surface area contributed by atoms with E-state index in [2.05, 4.69) is 59.0 Å². The number of halogens is 1. The largest absolute Gasteiger partial charge is 0.497 e. The summed E-state index contributed by atoms with van der Waals surface area (Å²) in [5.74, 6) is 0.961. The minimum absolute atomic E-state index is 0.125. The summed E-state index contributed by atoms with van der Waals surface area (Å²) in [7, 11) is 1.67. The van der Waals surface area contributed by atoms with E-state index in [1.807, 2.05) is 24.3 Å². The number of pyridine rings is 1. The Balaban J connectivity index is 1.76. The monoisotopic (exact) mass is 462 g/mol. The second-order valence-corrected chi connectivity index (χ2v) is 9.63. The second kappa shape index (κ2) is 6.95. The van der Waals surface area contributed by atoms with Gasteiger partial charge in [-0.1, -0.05) is 60.1 Å². The molecule has 5 rings (SSSR count). The van der Waals surface area contributed by atoms with Crippen molar-refractivity contribution in [2.45, 2.75) is 31.5 Å². The van der Waals surface area contributed by atoms with Gasteiger partial charge in [-0.2, -0.15) is 0 Å². The number of hydrogen-bond donors (Lipinski definition) is 1. The van der Waals surface area contributed by atoms with Gasteiger partial charge in [-0.3, -0.25) is 9.78 Å². The number of methoxy groups -OCH3 is 1. The van der Waals surface area contributed by atoms with Crippen LogP contribution in [-0.4, -0.2) is 27.7 Å². The first kappa shape index (κ1) is 19.3. The van der Waals surface area contributed by atoms with Crippen molar-refractivity contribution in [3.63, 3.8) is 0 Å². The number of aromatic amines is 1. The smallest absolute Gasteiger partial charge is 0.179 e. The van der Waals surface area contributed by atoms with Gasteiger partial charge in [-0.05, 0) is 35.6 Å². The van der Waals surface area contributed by atoms with Gasteiger partial charge in [0.25, 0.3) is 0 Å². The van der Waals surface area contributed by atoms with Crippen LogP contribution in [0, 0.1) is 5.41 Å². The van der Waals surface area contributed by atoms with Gasteiger partial charge in [0.15, 0.2) is 5.78 Å². The summed E-state index contributed by atoms with van der Waals surface area (Å²) in [5, 5.41) is 2.08. The number of alkyl halides is 1. The molecule has 1 unspecified atom stereocenters. The molecule has 2 aromatic heterocycles. The summed E-state index contributed by atoms with van der Waals surface area (Å²) in [5.41, 5.74) is 5.60. The molecule has 0 saturated heterocycles. The van der Waals surface area contributed by atoms with E-state index >= 15 is 0 Å². The SMILES string of the molecule is COc1ccc(Cc2nc3c(c4c2[nH]c2ccccc24)C(=O)C(Br)C(C)(C)C3)cc1. The fourth-order valence-corrected chi connectivity index (χ4v) is 4.89. The van der Waals surface area contributed by atoms with E-state index < -0.39 is 0 Å². The van der Waals surface area contributed by atoms with Crippen LogP contribution >= 0.6 is 15.9 Å². The number of nitrogens with one attached hydrogen (secondary N) is 1. The number of Topliss-reactive ketones (excluding diaryl/α,β-unsaturated/α-hetero) is 1. The lowest BCUT2D eigenvalue weighted by Crippen LogP contribution is -2.39. The van der Waals surface area contributed by atoms with Crippen LogP contribution in [0.2, 0.25) is 0 Å². The zero-order chi connectivity index (χ0) is 21.0. The lowest BCUT2D eigenvalue weighted by Gasteiger charge is -2.35. The normalized spacial score (nSPS) is 18.0. The van der Waals surface area contributed by atoms with E-state index in [1.54, 1.807) is 7.11 Å². The highest BCUT2D eigenvalue weighted by Gasteiger charge is 2.42. The Morgan fingerprint density at radius 2 is 1.90 bits per heavy atom. The number of benzene rings is 2. The van der Waals surface area contributed by atoms with E-state index in [1.165, 1.54) is 0 Å². The molecule has 30 heavy (non-hydrogen) atoms. The van der Waals surface area contributed by atoms with Crippen LogP contribution in [0.25, 0.3) is 21.8 Å². The van der Waals surface area contributed by atoms with Crippen molar-refractivity contribution in [1.82, 2.24) is 9.97 Å². The van der Waals surface area contributed by atoms with Crippen molar-refractivity contribution in [2.24, 2.45) is 5.41 Å². The Labute approximate surface area is 183 Å². The van der Waals surface area contributed by atoms with E-state index in [-0.39, 0.29) is 16.0 Å². The number of H-pyrrole nitrogens is 1. The predicted molar refractivity (Wildman–Crippen MR) is 124 cm³/mol. The van der Waals surface area contributed by atoms with Gasteiger partial charge in [0.1, 0.15) is 5.75 Å². The average molecular weight is 463 g/mol. The lowest BCUT2D eigenvalue weighted by molar-refractivity contribution is 0.0929. The molecule has 152 valence electrons. The van der Waals surface area contributed by atoms with Gasteiger partial charge in [0.2, 0.25) is 0 Å². The zero-order valence-corrected chi connectivity index (χ0v) is 18.8. The van der Waals surface area contributed by atoms with Crippen LogP contribution in [0.3, 0.4) is 0 Å². The van der Waals surface area contributed by atoms with Gasteiger partial charge in [-0.25, -0.2) is 0 Å². The van der Waals surface area contributed by atoms with Crippen LogP contribution in [0.5, 0.6) is 5.75 Å². The maximum atomic E-state index is 13.4. The van der Waals surface area contributed by atoms with Gasteiger partial charge in [-0.15, -0.1) is 0 Å². The fourth-order valence-electron chi connectivity index (χ4n) is 4.50. The molecule has 1 N–H and O–H groups in total. The number of para-hydroxylation sites is 1. The molecule has 0 radical (unpaired) electrons. The van der Waals surface area contributed by atoms with Gasteiger partial charge < -0.3 is 9.72 Å². The molecule has 0 aliphatic heterocycles. The van der Waals surface area contributed by atoms with Crippen molar-refractivity contribution in [3.8, 4) is 5.75 Å². The molecule has 4 nitrogen and oxygen atoms in total.